The normalized spacial score (nSPS) is 12.0. The third kappa shape index (κ3) is 5.39. The Bertz CT molecular complexity index is 833. The molecule has 2 heteroatoms. The van der Waals surface area contributed by atoms with Gasteiger partial charge in [0.2, 0.25) is 0 Å². The van der Waals surface area contributed by atoms with E-state index in [0.29, 0.717) is 11.7 Å². The lowest BCUT2D eigenvalue weighted by atomic mass is 9.86. The van der Waals surface area contributed by atoms with Gasteiger partial charge in [0.1, 0.15) is 11.5 Å². The van der Waals surface area contributed by atoms with Gasteiger partial charge in [-0.3, -0.25) is 0 Å². The van der Waals surface area contributed by atoms with Gasteiger partial charge in [-0.1, -0.05) is 87.6 Å². The van der Waals surface area contributed by atoms with E-state index in [1.807, 2.05) is 24.3 Å². The standard InChI is InChI=1S/C26H30O2/c1-2-3-4-5-6-7-26(23-14-18-25(28)19-15-23)22-10-8-20(9-11-22)21-12-16-24(27)17-13-21/h8-19,26-28H,2-7H2,1H3. The predicted molar refractivity (Wildman–Crippen MR) is 117 cm³/mol. The zero-order chi connectivity index (χ0) is 19.8. The van der Waals surface area contributed by atoms with Crippen LogP contribution in [0.1, 0.15) is 62.5 Å². The first-order chi connectivity index (χ1) is 13.7. The first kappa shape index (κ1) is 20.0. The summed E-state index contributed by atoms with van der Waals surface area (Å²) >= 11 is 0. The fourth-order valence-electron chi connectivity index (χ4n) is 3.75. The Kier molecular flexibility index (Phi) is 7.13. The van der Waals surface area contributed by atoms with Crippen LogP contribution < -0.4 is 0 Å². The number of phenols is 2. The van der Waals surface area contributed by atoms with Crippen molar-refractivity contribution >= 4 is 0 Å². The van der Waals surface area contributed by atoms with E-state index >= 15 is 0 Å². The Balaban J connectivity index is 1.78. The van der Waals surface area contributed by atoms with E-state index in [1.165, 1.54) is 43.2 Å². The van der Waals surface area contributed by atoms with Crippen molar-refractivity contribution in [3.05, 3.63) is 83.9 Å². The molecule has 0 aliphatic heterocycles. The van der Waals surface area contributed by atoms with Gasteiger partial charge in [0.15, 0.2) is 0 Å². The molecule has 0 aliphatic carbocycles. The minimum absolute atomic E-state index is 0.288. The molecule has 3 rings (SSSR count). The first-order valence-electron chi connectivity index (χ1n) is 10.4. The van der Waals surface area contributed by atoms with Crippen LogP contribution in [0.15, 0.2) is 72.8 Å². The van der Waals surface area contributed by atoms with Crippen LogP contribution in [0.2, 0.25) is 0 Å². The molecule has 2 nitrogen and oxygen atoms in total. The molecule has 0 saturated carbocycles. The van der Waals surface area contributed by atoms with Crippen molar-refractivity contribution in [3.8, 4) is 22.6 Å². The van der Waals surface area contributed by atoms with Gasteiger partial charge in [-0.05, 0) is 52.9 Å². The summed E-state index contributed by atoms with van der Waals surface area (Å²) in [4.78, 5) is 0. The lowest BCUT2D eigenvalue weighted by Crippen LogP contribution is -2.01. The molecule has 0 fully saturated rings. The van der Waals surface area contributed by atoms with Gasteiger partial charge in [-0.25, -0.2) is 0 Å². The van der Waals surface area contributed by atoms with Crippen molar-refractivity contribution < 1.29 is 10.2 Å². The second-order valence-electron chi connectivity index (χ2n) is 7.52. The third-order valence-electron chi connectivity index (χ3n) is 5.41. The fraction of sp³-hybridized carbons (Fsp3) is 0.308. The summed E-state index contributed by atoms with van der Waals surface area (Å²) in [5, 5.41) is 19.1. The monoisotopic (exact) mass is 374 g/mol. The topological polar surface area (TPSA) is 40.5 Å². The Morgan fingerprint density at radius 2 is 1.00 bits per heavy atom. The average molecular weight is 375 g/mol. The SMILES string of the molecule is CCCCCCCC(c1ccc(O)cc1)c1ccc(-c2ccc(O)cc2)cc1. The predicted octanol–water partition coefficient (Wildman–Crippen LogP) is 7.26. The molecule has 146 valence electrons. The quantitative estimate of drug-likeness (QED) is 0.387. The minimum Gasteiger partial charge on any atom is -0.508 e. The van der Waals surface area contributed by atoms with Crippen molar-refractivity contribution in [1.29, 1.82) is 0 Å². The highest BCUT2D eigenvalue weighted by atomic mass is 16.3. The summed E-state index contributed by atoms with van der Waals surface area (Å²) in [7, 11) is 0. The van der Waals surface area contributed by atoms with Crippen LogP contribution in [-0.4, -0.2) is 10.2 Å². The Morgan fingerprint density at radius 3 is 1.54 bits per heavy atom. The summed E-state index contributed by atoms with van der Waals surface area (Å²) < 4.78 is 0. The van der Waals surface area contributed by atoms with Crippen molar-refractivity contribution in [3.63, 3.8) is 0 Å². The zero-order valence-corrected chi connectivity index (χ0v) is 16.6. The molecule has 3 aromatic carbocycles. The van der Waals surface area contributed by atoms with Crippen LogP contribution in [0.25, 0.3) is 11.1 Å². The molecule has 0 saturated heterocycles. The molecular weight excluding hydrogens is 344 g/mol. The third-order valence-corrected chi connectivity index (χ3v) is 5.41. The molecule has 0 bridgehead atoms. The lowest BCUT2D eigenvalue weighted by Gasteiger charge is -2.19. The maximum absolute atomic E-state index is 9.65. The largest absolute Gasteiger partial charge is 0.508 e. The van der Waals surface area contributed by atoms with Gasteiger partial charge in [0, 0.05) is 5.92 Å². The van der Waals surface area contributed by atoms with Gasteiger partial charge < -0.3 is 10.2 Å². The summed E-state index contributed by atoms with van der Waals surface area (Å²) in [6.07, 6.45) is 7.48. The highest BCUT2D eigenvalue weighted by Gasteiger charge is 2.14. The van der Waals surface area contributed by atoms with Crippen LogP contribution in [0.5, 0.6) is 11.5 Å². The van der Waals surface area contributed by atoms with E-state index in [-0.39, 0.29) is 5.75 Å². The maximum Gasteiger partial charge on any atom is 0.115 e. The molecule has 0 spiro atoms. The lowest BCUT2D eigenvalue weighted by molar-refractivity contribution is 0.474. The Hall–Kier alpha value is -2.74. The molecule has 0 heterocycles. The second kappa shape index (κ2) is 9.98. The van der Waals surface area contributed by atoms with Crippen molar-refractivity contribution in [2.45, 2.75) is 51.4 Å². The second-order valence-corrected chi connectivity index (χ2v) is 7.52. The van der Waals surface area contributed by atoms with Crippen LogP contribution in [0.4, 0.5) is 0 Å². The van der Waals surface area contributed by atoms with Gasteiger partial charge >= 0.3 is 0 Å². The number of hydrogen-bond acceptors (Lipinski definition) is 2. The van der Waals surface area contributed by atoms with E-state index < -0.39 is 0 Å². The van der Waals surface area contributed by atoms with E-state index in [0.717, 1.165) is 17.5 Å². The van der Waals surface area contributed by atoms with E-state index in [9.17, 15) is 10.2 Å². The maximum atomic E-state index is 9.65. The summed E-state index contributed by atoms with van der Waals surface area (Å²) in [6.45, 7) is 2.24. The number of unbranched alkanes of at least 4 members (excludes halogenated alkanes) is 4. The molecule has 0 aliphatic rings. The van der Waals surface area contributed by atoms with E-state index in [1.54, 1.807) is 24.3 Å². The summed E-state index contributed by atoms with van der Waals surface area (Å²) in [6, 6.07) is 23.7. The number of hydrogen-bond donors (Lipinski definition) is 2. The van der Waals surface area contributed by atoms with Crippen molar-refractivity contribution in [1.82, 2.24) is 0 Å². The highest BCUT2D eigenvalue weighted by Crippen LogP contribution is 2.33. The van der Waals surface area contributed by atoms with Crippen LogP contribution in [0, 0.1) is 0 Å². The van der Waals surface area contributed by atoms with Crippen LogP contribution in [0.3, 0.4) is 0 Å². The number of phenolic OH excluding ortho intramolecular Hbond substituents is 2. The number of benzene rings is 3. The molecule has 3 aromatic rings. The van der Waals surface area contributed by atoms with E-state index in [2.05, 4.69) is 31.2 Å². The molecule has 2 N–H and O–H groups in total. The van der Waals surface area contributed by atoms with Crippen LogP contribution >= 0.6 is 0 Å². The van der Waals surface area contributed by atoms with Crippen LogP contribution in [-0.2, 0) is 0 Å². The fourth-order valence-corrected chi connectivity index (χ4v) is 3.75. The van der Waals surface area contributed by atoms with Gasteiger partial charge in [0.25, 0.3) is 0 Å². The molecule has 0 radical (unpaired) electrons. The summed E-state index contributed by atoms with van der Waals surface area (Å²) in [5.41, 5.74) is 4.82. The van der Waals surface area contributed by atoms with Gasteiger partial charge in [-0.15, -0.1) is 0 Å². The Morgan fingerprint density at radius 1 is 0.571 bits per heavy atom. The molecule has 28 heavy (non-hydrogen) atoms. The van der Waals surface area contributed by atoms with E-state index in [4.69, 9.17) is 0 Å². The highest BCUT2D eigenvalue weighted by molar-refractivity contribution is 5.64. The van der Waals surface area contributed by atoms with Crippen molar-refractivity contribution in [2.24, 2.45) is 0 Å². The average Bonchev–Trinajstić information content (AvgIpc) is 2.72. The first-order valence-corrected chi connectivity index (χ1v) is 10.4. The number of rotatable bonds is 9. The molecular formula is C26H30O2. The zero-order valence-electron chi connectivity index (χ0n) is 16.6. The summed E-state index contributed by atoms with van der Waals surface area (Å²) in [5.74, 6) is 0.944. The molecule has 1 unspecified atom stereocenters. The minimum atomic E-state index is 0.288. The Labute approximate surface area is 168 Å². The van der Waals surface area contributed by atoms with Crippen molar-refractivity contribution in [2.75, 3.05) is 0 Å². The smallest absolute Gasteiger partial charge is 0.115 e. The number of aromatic hydroxyl groups is 2. The molecule has 1 atom stereocenters. The molecule has 0 amide bonds. The van der Waals surface area contributed by atoms with Gasteiger partial charge in [-0.2, -0.15) is 0 Å². The van der Waals surface area contributed by atoms with Gasteiger partial charge in [0.05, 0.1) is 0 Å². The molecule has 0 aromatic heterocycles.